The Kier molecular flexibility index (Phi) is 6.42. The minimum absolute atomic E-state index is 0.592. The number of fused-ring (bicyclic) bond motifs is 6. The third-order valence-electron chi connectivity index (χ3n) is 9.34. The summed E-state index contributed by atoms with van der Waals surface area (Å²) in [5.41, 5.74) is 10.3. The number of aromatic nitrogens is 3. The standard InChI is InChI=1S/C45H27N3O2/c1-3-12-28(13-4-1)33-19-10-22-37-38-27-32(24-25-40(38)50-41(33)37)45-47-43(29-14-5-2-6-15-29)46-44(48-45)31-17-9-16-30(26-31)34-20-11-21-36-35-18-7-8-23-39(35)49-42(34)36/h1-27H. The molecule has 0 bridgehead atoms. The second kappa shape index (κ2) is 11.4. The number of nitrogens with zero attached hydrogens (tertiary/aromatic N) is 3. The van der Waals surface area contributed by atoms with Gasteiger partial charge in [-0.15, -0.1) is 0 Å². The van der Waals surface area contributed by atoms with Gasteiger partial charge in [0.2, 0.25) is 0 Å². The highest BCUT2D eigenvalue weighted by Crippen LogP contribution is 2.39. The molecule has 0 saturated heterocycles. The second-order valence-electron chi connectivity index (χ2n) is 12.4. The Hall–Kier alpha value is -6.85. The fourth-order valence-electron chi connectivity index (χ4n) is 6.93. The first-order chi connectivity index (χ1) is 24.8. The van der Waals surface area contributed by atoms with Crippen molar-refractivity contribution in [2.45, 2.75) is 0 Å². The summed E-state index contributed by atoms with van der Waals surface area (Å²) < 4.78 is 12.8. The highest BCUT2D eigenvalue weighted by molar-refractivity contribution is 6.11. The molecule has 0 amide bonds. The molecule has 7 aromatic carbocycles. The molecule has 0 atom stereocenters. The molecule has 0 aliphatic heterocycles. The molecule has 10 aromatic rings. The van der Waals surface area contributed by atoms with Crippen LogP contribution in [0, 0.1) is 0 Å². The van der Waals surface area contributed by atoms with Crippen LogP contribution >= 0.6 is 0 Å². The number of benzene rings is 7. The first-order valence-electron chi connectivity index (χ1n) is 16.6. The van der Waals surface area contributed by atoms with Gasteiger partial charge in [0.05, 0.1) is 0 Å². The number of hydrogen-bond donors (Lipinski definition) is 0. The number of rotatable bonds is 5. The van der Waals surface area contributed by atoms with Gasteiger partial charge in [0.15, 0.2) is 17.5 Å². The fourth-order valence-corrected chi connectivity index (χ4v) is 6.93. The van der Waals surface area contributed by atoms with Crippen molar-refractivity contribution in [2.24, 2.45) is 0 Å². The van der Waals surface area contributed by atoms with Gasteiger partial charge in [0.1, 0.15) is 22.3 Å². The SMILES string of the molecule is c1ccc(-c2nc(-c3cccc(-c4cccc5c4oc4ccccc45)c3)nc(-c3ccc4oc5c(-c6ccccc6)cccc5c4c3)n2)cc1. The molecular weight excluding hydrogens is 615 g/mol. The summed E-state index contributed by atoms with van der Waals surface area (Å²) in [7, 11) is 0. The van der Waals surface area contributed by atoms with Gasteiger partial charge in [-0.2, -0.15) is 0 Å². The molecule has 0 spiro atoms. The Morgan fingerprint density at radius 2 is 0.780 bits per heavy atom. The van der Waals surface area contributed by atoms with Gasteiger partial charge < -0.3 is 8.83 Å². The topological polar surface area (TPSA) is 65.0 Å². The average molecular weight is 642 g/mol. The van der Waals surface area contributed by atoms with Crippen molar-refractivity contribution < 1.29 is 8.83 Å². The summed E-state index contributed by atoms with van der Waals surface area (Å²) in [5, 5.41) is 4.26. The molecule has 234 valence electrons. The maximum Gasteiger partial charge on any atom is 0.164 e. The lowest BCUT2D eigenvalue weighted by molar-refractivity contribution is 0.669. The van der Waals surface area contributed by atoms with Crippen molar-refractivity contribution in [3.63, 3.8) is 0 Å². The van der Waals surface area contributed by atoms with Crippen LogP contribution in [0.3, 0.4) is 0 Å². The van der Waals surface area contributed by atoms with Gasteiger partial charge in [-0.05, 0) is 41.5 Å². The Bertz CT molecular complexity index is 2870. The van der Waals surface area contributed by atoms with Crippen molar-refractivity contribution >= 4 is 43.9 Å². The minimum Gasteiger partial charge on any atom is -0.455 e. The highest BCUT2D eigenvalue weighted by Gasteiger charge is 2.18. The van der Waals surface area contributed by atoms with Crippen LogP contribution in [0.2, 0.25) is 0 Å². The number of hydrogen-bond acceptors (Lipinski definition) is 5. The molecule has 50 heavy (non-hydrogen) atoms. The first kappa shape index (κ1) is 28.2. The van der Waals surface area contributed by atoms with E-state index >= 15 is 0 Å². The maximum absolute atomic E-state index is 6.46. The van der Waals surface area contributed by atoms with E-state index in [1.807, 2.05) is 91.0 Å². The molecule has 3 aromatic heterocycles. The largest absolute Gasteiger partial charge is 0.455 e. The van der Waals surface area contributed by atoms with E-state index in [0.717, 1.165) is 82.8 Å². The third-order valence-corrected chi connectivity index (χ3v) is 9.34. The summed E-state index contributed by atoms with van der Waals surface area (Å²) >= 11 is 0. The fraction of sp³-hybridized carbons (Fsp3) is 0. The van der Waals surface area contributed by atoms with Crippen molar-refractivity contribution in [1.29, 1.82) is 0 Å². The summed E-state index contributed by atoms with van der Waals surface area (Å²) in [6, 6.07) is 55.7. The van der Waals surface area contributed by atoms with Crippen LogP contribution in [0.4, 0.5) is 0 Å². The van der Waals surface area contributed by atoms with Crippen LogP contribution < -0.4 is 0 Å². The lowest BCUT2D eigenvalue weighted by Gasteiger charge is -2.10. The van der Waals surface area contributed by atoms with Crippen LogP contribution in [0.1, 0.15) is 0 Å². The summed E-state index contributed by atoms with van der Waals surface area (Å²) in [6.07, 6.45) is 0. The van der Waals surface area contributed by atoms with Gasteiger partial charge in [-0.3, -0.25) is 0 Å². The zero-order valence-electron chi connectivity index (χ0n) is 26.7. The number of para-hydroxylation sites is 3. The van der Waals surface area contributed by atoms with Gasteiger partial charge >= 0.3 is 0 Å². The van der Waals surface area contributed by atoms with E-state index in [0.29, 0.717) is 17.5 Å². The first-order valence-corrected chi connectivity index (χ1v) is 16.6. The third kappa shape index (κ3) is 4.67. The Morgan fingerprint density at radius 3 is 1.50 bits per heavy atom. The molecule has 3 heterocycles. The lowest BCUT2D eigenvalue weighted by atomic mass is 10.00. The monoisotopic (exact) mass is 641 g/mol. The lowest BCUT2D eigenvalue weighted by Crippen LogP contribution is -2.00. The molecular formula is C45H27N3O2. The molecule has 5 nitrogen and oxygen atoms in total. The van der Waals surface area contributed by atoms with E-state index in [1.54, 1.807) is 0 Å². The minimum atomic E-state index is 0.592. The normalized spacial score (nSPS) is 11.6. The number of furan rings is 2. The summed E-state index contributed by atoms with van der Waals surface area (Å²) in [5.74, 6) is 1.80. The van der Waals surface area contributed by atoms with Gasteiger partial charge in [0.25, 0.3) is 0 Å². The molecule has 0 radical (unpaired) electrons. The zero-order chi connectivity index (χ0) is 33.0. The van der Waals surface area contributed by atoms with Crippen molar-refractivity contribution in [3.8, 4) is 56.4 Å². The molecule has 0 unspecified atom stereocenters. The second-order valence-corrected chi connectivity index (χ2v) is 12.4. The van der Waals surface area contributed by atoms with E-state index in [-0.39, 0.29) is 0 Å². The predicted molar refractivity (Wildman–Crippen MR) is 202 cm³/mol. The van der Waals surface area contributed by atoms with Crippen molar-refractivity contribution in [3.05, 3.63) is 164 Å². The molecule has 0 fully saturated rings. The molecule has 0 aliphatic carbocycles. The van der Waals surface area contributed by atoms with E-state index in [1.165, 1.54) is 0 Å². The summed E-state index contributed by atoms with van der Waals surface area (Å²) in [6.45, 7) is 0. The molecule has 0 aliphatic rings. The van der Waals surface area contributed by atoms with E-state index < -0.39 is 0 Å². The van der Waals surface area contributed by atoms with E-state index in [9.17, 15) is 0 Å². The van der Waals surface area contributed by atoms with Gasteiger partial charge in [0, 0.05) is 49.4 Å². The van der Waals surface area contributed by atoms with Crippen LogP contribution in [0.25, 0.3) is 100 Å². The quantitative estimate of drug-likeness (QED) is 0.187. The van der Waals surface area contributed by atoms with Crippen LogP contribution in [-0.2, 0) is 0 Å². The molecule has 0 saturated carbocycles. The predicted octanol–water partition coefficient (Wildman–Crippen LogP) is 12.0. The Labute approximate surface area is 287 Å². The van der Waals surface area contributed by atoms with Crippen LogP contribution in [-0.4, -0.2) is 15.0 Å². The maximum atomic E-state index is 6.46. The molecule has 5 heteroatoms. The Balaban J connectivity index is 1.13. The highest BCUT2D eigenvalue weighted by atomic mass is 16.3. The summed E-state index contributed by atoms with van der Waals surface area (Å²) in [4.78, 5) is 15.1. The van der Waals surface area contributed by atoms with Gasteiger partial charge in [-0.1, -0.05) is 133 Å². The zero-order valence-corrected chi connectivity index (χ0v) is 26.7. The van der Waals surface area contributed by atoms with E-state index in [4.69, 9.17) is 23.8 Å². The molecule has 10 rings (SSSR count). The van der Waals surface area contributed by atoms with Crippen LogP contribution in [0.5, 0.6) is 0 Å². The average Bonchev–Trinajstić information content (AvgIpc) is 3.77. The Morgan fingerprint density at radius 1 is 0.300 bits per heavy atom. The smallest absolute Gasteiger partial charge is 0.164 e. The van der Waals surface area contributed by atoms with Gasteiger partial charge in [-0.25, -0.2) is 15.0 Å². The van der Waals surface area contributed by atoms with Crippen LogP contribution in [0.15, 0.2) is 173 Å². The van der Waals surface area contributed by atoms with E-state index in [2.05, 4.69) is 72.8 Å². The van der Waals surface area contributed by atoms with Crippen molar-refractivity contribution in [1.82, 2.24) is 15.0 Å². The molecule has 0 N–H and O–H groups in total. The van der Waals surface area contributed by atoms with Crippen molar-refractivity contribution in [2.75, 3.05) is 0 Å².